The van der Waals surface area contributed by atoms with Crippen LogP contribution in [0.2, 0.25) is 0 Å². The molecule has 0 fully saturated rings. The largest absolute Gasteiger partial charge is 0.497 e. The minimum absolute atomic E-state index is 0. The van der Waals surface area contributed by atoms with E-state index in [1.807, 2.05) is 31.2 Å². The van der Waals surface area contributed by atoms with Crippen LogP contribution < -0.4 is 20.1 Å². The van der Waals surface area contributed by atoms with Crippen molar-refractivity contribution in [2.24, 2.45) is 4.99 Å². The number of alkyl halides is 2. The lowest BCUT2D eigenvalue weighted by atomic mass is 10.2. The molecule has 0 amide bonds. The summed E-state index contributed by atoms with van der Waals surface area (Å²) in [4.78, 5) is 4.51. The zero-order valence-corrected chi connectivity index (χ0v) is 17.6. The second-order valence-electron chi connectivity index (χ2n) is 5.38. The van der Waals surface area contributed by atoms with Gasteiger partial charge < -0.3 is 20.1 Å². The highest BCUT2D eigenvalue weighted by Gasteiger charge is 2.09. The summed E-state index contributed by atoms with van der Waals surface area (Å²) in [5.41, 5.74) is 1.66. The zero-order chi connectivity index (χ0) is 18.8. The zero-order valence-electron chi connectivity index (χ0n) is 15.2. The molecule has 0 saturated carbocycles. The molecule has 2 aromatic rings. The number of ether oxygens (including phenoxy) is 2. The number of rotatable bonds is 8. The maximum absolute atomic E-state index is 12.5. The Balaban J connectivity index is 0.00000364. The molecule has 0 aromatic heterocycles. The molecule has 8 heteroatoms. The van der Waals surface area contributed by atoms with Gasteiger partial charge in [-0.25, -0.2) is 4.99 Å². The average Bonchev–Trinajstić information content (AvgIpc) is 2.65. The number of benzene rings is 2. The Hall–Kier alpha value is -2.10. The van der Waals surface area contributed by atoms with Crippen LogP contribution in [-0.4, -0.2) is 26.2 Å². The van der Waals surface area contributed by atoms with E-state index in [1.165, 1.54) is 6.07 Å². The van der Waals surface area contributed by atoms with Gasteiger partial charge in [0.05, 0.1) is 13.7 Å². The van der Waals surface area contributed by atoms with Crippen LogP contribution in [0.15, 0.2) is 53.5 Å². The van der Waals surface area contributed by atoms with E-state index in [-0.39, 0.29) is 29.7 Å². The first-order valence-electron chi connectivity index (χ1n) is 8.30. The number of nitrogens with one attached hydrogen (secondary N) is 2. The number of nitrogens with zero attached hydrogens (tertiary/aromatic N) is 1. The molecule has 0 aliphatic heterocycles. The minimum Gasteiger partial charge on any atom is -0.497 e. The third-order valence-corrected chi connectivity index (χ3v) is 3.56. The Labute approximate surface area is 175 Å². The van der Waals surface area contributed by atoms with E-state index >= 15 is 0 Å². The fraction of sp³-hybridized carbons (Fsp3) is 0.316. The number of para-hydroxylation sites is 1. The first kappa shape index (κ1) is 22.9. The molecule has 5 nitrogen and oxygen atoms in total. The molecule has 0 aliphatic rings. The molecular formula is C19H24F2IN3O2. The minimum atomic E-state index is -2.85. The summed E-state index contributed by atoms with van der Waals surface area (Å²) < 4.78 is 34.7. The van der Waals surface area contributed by atoms with Gasteiger partial charge in [0.1, 0.15) is 11.5 Å². The van der Waals surface area contributed by atoms with E-state index in [9.17, 15) is 8.78 Å². The van der Waals surface area contributed by atoms with Crippen LogP contribution in [0.3, 0.4) is 0 Å². The van der Waals surface area contributed by atoms with Gasteiger partial charge in [-0.05, 0) is 30.7 Å². The monoisotopic (exact) mass is 491 g/mol. The van der Waals surface area contributed by atoms with Crippen LogP contribution in [0.25, 0.3) is 0 Å². The molecular weight excluding hydrogens is 467 g/mol. The van der Waals surface area contributed by atoms with Crippen LogP contribution in [0, 0.1) is 0 Å². The summed E-state index contributed by atoms with van der Waals surface area (Å²) in [6.07, 6.45) is 0. The lowest BCUT2D eigenvalue weighted by Gasteiger charge is -2.14. The first-order chi connectivity index (χ1) is 12.6. The van der Waals surface area contributed by atoms with Crippen LogP contribution >= 0.6 is 24.0 Å². The number of methoxy groups -OCH3 is 1. The highest BCUT2D eigenvalue weighted by atomic mass is 127. The Bertz CT molecular complexity index is 712. The summed E-state index contributed by atoms with van der Waals surface area (Å²) >= 11 is 0. The summed E-state index contributed by atoms with van der Waals surface area (Å²) in [5, 5.41) is 6.26. The molecule has 2 rings (SSSR count). The van der Waals surface area contributed by atoms with E-state index in [0.29, 0.717) is 31.2 Å². The van der Waals surface area contributed by atoms with Gasteiger partial charge in [-0.1, -0.05) is 30.3 Å². The van der Waals surface area contributed by atoms with Crippen molar-refractivity contribution in [3.63, 3.8) is 0 Å². The summed E-state index contributed by atoms with van der Waals surface area (Å²) in [5.74, 6) is 1.54. The SMILES string of the molecule is CCNC(=NCc1ccc(OC)cc1)NCc1ccccc1OC(F)F.I. The van der Waals surface area contributed by atoms with E-state index in [0.717, 1.165) is 11.3 Å². The molecule has 0 aliphatic carbocycles. The fourth-order valence-electron chi connectivity index (χ4n) is 2.28. The molecule has 0 bridgehead atoms. The van der Waals surface area contributed by atoms with Crippen molar-refractivity contribution in [1.82, 2.24) is 10.6 Å². The Morgan fingerprint density at radius 3 is 2.41 bits per heavy atom. The molecule has 0 radical (unpaired) electrons. The van der Waals surface area contributed by atoms with Crippen molar-refractivity contribution < 1.29 is 18.3 Å². The summed E-state index contributed by atoms with van der Waals surface area (Å²) in [7, 11) is 1.62. The van der Waals surface area contributed by atoms with Crippen molar-refractivity contribution in [2.45, 2.75) is 26.6 Å². The predicted molar refractivity (Wildman–Crippen MR) is 113 cm³/mol. The van der Waals surface area contributed by atoms with Gasteiger partial charge in [0, 0.05) is 18.7 Å². The van der Waals surface area contributed by atoms with E-state index in [2.05, 4.69) is 20.4 Å². The van der Waals surface area contributed by atoms with E-state index < -0.39 is 6.61 Å². The van der Waals surface area contributed by atoms with Gasteiger partial charge in [0.2, 0.25) is 0 Å². The van der Waals surface area contributed by atoms with Crippen LogP contribution in [-0.2, 0) is 13.1 Å². The lowest BCUT2D eigenvalue weighted by molar-refractivity contribution is -0.0504. The van der Waals surface area contributed by atoms with Crippen LogP contribution in [0.5, 0.6) is 11.5 Å². The third kappa shape index (κ3) is 7.98. The molecule has 0 unspecified atom stereocenters. The van der Waals surface area contributed by atoms with Gasteiger partial charge in [-0.2, -0.15) is 8.78 Å². The molecule has 148 valence electrons. The molecule has 0 saturated heterocycles. The summed E-state index contributed by atoms with van der Waals surface area (Å²) in [6.45, 7) is 0.585. The summed E-state index contributed by atoms with van der Waals surface area (Å²) in [6, 6.07) is 14.3. The van der Waals surface area contributed by atoms with Gasteiger partial charge >= 0.3 is 6.61 Å². The second-order valence-corrected chi connectivity index (χ2v) is 5.38. The number of aliphatic imine (C=N–C) groups is 1. The Morgan fingerprint density at radius 1 is 1.07 bits per heavy atom. The Kier molecular flexibility index (Phi) is 10.5. The van der Waals surface area contributed by atoms with Gasteiger partial charge in [-0.3, -0.25) is 0 Å². The predicted octanol–water partition coefficient (Wildman–Crippen LogP) is 4.17. The molecule has 0 atom stereocenters. The van der Waals surface area contributed by atoms with Crippen LogP contribution in [0.4, 0.5) is 8.78 Å². The van der Waals surface area contributed by atoms with Gasteiger partial charge in [-0.15, -0.1) is 24.0 Å². The van der Waals surface area contributed by atoms with Crippen molar-refractivity contribution in [1.29, 1.82) is 0 Å². The third-order valence-electron chi connectivity index (χ3n) is 3.56. The molecule has 27 heavy (non-hydrogen) atoms. The number of hydrogen-bond donors (Lipinski definition) is 2. The quantitative estimate of drug-likeness (QED) is 0.331. The van der Waals surface area contributed by atoms with E-state index in [1.54, 1.807) is 25.3 Å². The smallest absolute Gasteiger partial charge is 0.387 e. The highest BCUT2D eigenvalue weighted by Crippen LogP contribution is 2.20. The maximum Gasteiger partial charge on any atom is 0.387 e. The topological polar surface area (TPSA) is 54.9 Å². The highest BCUT2D eigenvalue weighted by molar-refractivity contribution is 14.0. The van der Waals surface area contributed by atoms with E-state index in [4.69, 9.17) is 4.74 Å². The van der Waals surface area contributed by atoms with Crippen molar-refractivity contribution in [3.05, 3.63) is 59.7 Å². The first-order valence-corrected chi connectivity index (χ1v) is 8.30. The molecule has 2 aromatic carbocycles. The average molecular weight is 491 g/mol. The van der Waals surface area contributed by atoms with Crippen molar-refractivity contribution >= 4 is 29.9 Å². The normalized spacial score (nSPS) is 10.9. The maximum atomic E-state index is 12.5. The molecule has 0 spiro atoms. The van der Waals surface area contributed by atoms with Crippen LogP contribution in [0.1, 0.15) is 18.1 Å². The fourth-order valence-corrected chi connectivity index (χ4v) is 2.28. The van der Waals surface area contributed by atoms with Crippen molar-refractivity contribution in [2.75, 3.05) is 13.7 Å². The number of guanidine groups is 1. The standard InChI is InChI=1S/C19H23F2N3O2.HI/c1-3-22-19(23-12-14-8-10-16(25-2)11-9-14)24-13-15-6-4-5-7-17(15)26-18(20)21;/h4-11,18H,3,12-13H2,1-2H3,(H2,22,23,24);1H. The molecule has 0 heterocycles. The van der Waals surface area contributed by atoms with Gasteiger partial charge in [0.25, 0.3) is 0 Å². The number of halogens is 3. The van der Waals surface area contributed by atoms with Gasteiger partial charge in [0.15, 0.2) is 5.96 Å². The molecule has 2 N–H and O–H groups in total. The van der Waals surface area contributed by atoms with Crippen molar-refractivity contribution in [3.8, 4) is 11.5 Å². The Morgan fingerprint density at radius 2 is 1.78 bits per heavy atom. The second kappa shape index (κ2) is 12.3. The lowest BCUT2D eigenvalue weighted by Crippen LogP contribution is -2.36. The number of hydrogen-bond acceptors (Lipinski definition) is 3.